The second-order valence-corrected chi connectivity index (χ2v) is 4.66. The van der Waals surface area contributed by atoms with Gasteiger partial charge in [0.05, 0.1) is 17.1 Å². The summed E-state index contributed by atoms with van der Waals surface area (Å²) >= 11 is 0. The number of fused-ring (bicyclic) bond motifs is 5. The Bertz CT molecular complexity index is 757. The Morgan fingerprint density at radius 3 is 2.61 bits per heavy atom. The van der Waals surface area contributed by atoms with Crippen molar-refractivity contribution in [2.75, 3.05) is 0 Å². The number of rotatable bonds is 1. The average Bonchev–Trinajstić information content (AvgIpc) is 3.03. The predicted molar refractivity (Wildman–Crippen MR) is 72.7 cm³/mol. The summed E-state index contributed by atoms with van der Waals surface area (Å²) in [5, 5.41) is 2.23. The van der Waals surface area contributed by atoms with E-state index < -0.39 is 0 Å². The molecule has 86 valence electrons. The van der Waals surface area contributed by atoms with Gasteiger partial charge in [-0.05, 0) is 11.1 Å². The summed E-state index contributed by atoms with van der Waals surface area (Å²) in [5.41, 5.74) is 5.01. The second-order valence-electron chi connectivity index (χ2n) is 4.66. The van der Waals surface area contributed by atoms with E-state index in [9.17, 15) is 4.79 Å². The van der Waals surface area contributed by atoms with Gasteiger partial charge in [-0.2, -0.15) is 0 Å². The lowest BCUT2D eigenvalue weighted by Gasteiger charge is -2.07. The molecule has 0 fully saturated rings. The first-order chi connectivity index (χ1) is 8.86. The fourth-order valence-corrected chi connectivity index (χ4v) is 2.74. The van der Waals surface area contributed by atoms with Crippen LogP contribution in [0.25, 0.3) is 10.8 Å². The van der Waals surface area contributed by atoms with Crippen molar-refractivity contribution < 1.29 is 4.79 Å². The summed E-state index contributed by atoms with van der Waals surface area (Å²) in [6, 6.07) is 8.36. The molecular formula is C15H10N2O. The molecule has 3 heteroatoms. The summed E-state index contributed by atoms with van der Waals surface area (Å²) in [6.45, 7) is 0. The third-order valence-corrected chi connectivity index (χ3v) is 3.61. The van der Waals surface area contributed by atoms with E-state index in [-0.39, 0.29) is 0 Å². The topological polar surface area (TPSA) is 41.8 Å². The fraction of sp³-hybridized carbons (Fsp3) is 0.133. The standard InChI is InChI=1S/C15H10N2O/c18-8-11-7-10-2-4-12-13(15(10)17-11)3-1-9-5-6-16-14(9)12/h1-4,6,8H,5,7H2. The van der Waals surface area contributed by atoms with E-state index >= 15 is 0 Å². The molecule has 0 atom stereocenters. The lowest BCUT2D eigenvalue weighted by atomic mass is 9.99. The van der Waals surface area contributed by atoms with E-state index in [2.05, 4.69) is 34.3 Å². The van der Waals surface area contributed by atoms with Crippen LogP contribution in [0.2, 0.25) is 0 Å². The van der Waals surface area contributed by atoms with Crippen molar-refractivity contribution in [2.24, 2.45) is 9.98 Å². The van der Waals surface area contributed by atoms with E-state index in [1.54, 1.807) is 0 Å². The third kappa shape index (κ3) is 1.16. The molecule has 4 rings (SSSR count). The lowest BCUT2D eigenvalue weighted by Crippen LogP contribution is -1.97. The zero-order valence-corrected chi connectivity index (χ0v) is 9.68. The zero-order chi connectivity index (χ0) is 12.1. The number of aliphatic imine (C=N–C) groups is 2. The maximum atomic E-state index is 10.8. The van der Waals surface area contributed by atoms with Crippen LogP contribution in [0.1, 0.15) is 11.1 Å². The van der Waals surface area contributed by atoms with Gasteiger partial charge in [-0.25, -0.2) is 4.99 Å². The molecule has 0 aromatic heterocycles. The average molecular weight is 234 g/mol. The van der Waals surface area contributed by atoms with Crippen LogP contribution in [0.4, 0.5) is 11.4 Å². The first kappa shape index (κ1) is 9.71. The van der Waals surface area contributed by atoms with Gasteiger partial charge in [0.1, 0.15) is 0 Å². The highest BCUT2D eigenvalue weighted by Gasteiger charge is 2.19. The van der Waals surface area contributed by atoms with Crippen LogP contribution in [-0.2, 0) is 17.6 Å². The van der Waals surface area contributed by atoms with Gasteiger partial charge < -0.3 is 0 Å². The Morgan fingerprint density at radius 1 is 1.00 bits per heavy atom. The quantitative estimate of drug-likeness (QED) is 0.699. The molecule has 2 aliphatic heterocycles. The number of hydrogen-bond donors (Lipinski definition) is 0. The van der Waals surface area contributed by atoms with E-state index in [4.69, 9.17) is 0 Å². The predicted octanol–water partition coefficient (Wildman–Crippen LogP) is 2.93. The van der Waals surface area contributed by atoms with E-state index in [1.165, 1.54) is 5.56 Å². The monoisotopic (exact) mass is 234 g/mol. The molecule has 0 saturated carbocycles. The van der Waals surface area contributed by atoms with Gasteiger partial charge in [0, 0.05) is 29.8 Å². The Balaban J connectivity index is 2.09. The molecule has 0 amide bonds. The second kappa shape index (κ2) is 3.35. The van der Waals surface area contributed by atoms with Crippen LogP contribution >= 0.6 is 0 Å². The van der Waals surface area contributed by atoms with Crippen molar-refractivity contribution in [3.05, 3.63) is 35.4 Å². The highest BCUT2D eigenvalue weighted by Crippen LogP contribution is 2.41. The highest BCUT2D eigenvalue weighted by atomic mass is 16.1. The maximum absolute atomic E-state index is 10.8. The minimum absolute atomic E-state index is 0.612. The minimum atomic E-state index is 0.612. The van der Waals surface area contributed by atoms with Gasteiger partial charge in [-0.1, -0.05) is 24.3 Å². The Morgan fingerprint density at radius 2 is 1.78 bits per heavy atom. The summed E-state index contributed by atoms with van der Waals surface area (Å²) in [5.74, 6) is 0. The first-order valence-electron chi connectivity index (χ1n) is 5.99. The van der Waals surface area contributed by atoms with Crippen molar-refractivity contribution in [3.63, 3.8) is 0 Å². The van der Waals surface area contributed by atoms with E-state index in [0.29, 0.717) is 12.1 Å². The van der Waals surface area contributed by atoms with E-state index in [1.807, 2.05) is 6.21 Å². The smallest absolute Gasteiger partial charge is 0.164 e. The number of nitrogens with zero attached hydrogens (tertiary/aromatic N) is 2. The molecule has 2 heterocycles. The van der Waals surface area contributed by atoms with Crippen LogP contribution in [0, 0.1) is 0 Å². The summed E-state index contributed by atoms with van der Waals surface area (Å²) in [6.07, 6.45) is 4.34. The molecular weight excluding hydrogens is 224 g/mol. The molecule has 0 radical (unpaired) electrons. The molecule has 2 aromatic rings. The third-order valence-electron chi connectivity index (χ3n) is 3.61. The van der Waals surface area contributed by atoms with Crippen LogP contribution < -0.4 is 0 Å². The Hall–Kier alpha value is -2.29. The SMILES string of the molecule is O=CC1=Nc2c(ccc3c4c(ccc23)CC=N4)C1. The van der Waals surface area contributed by atoms with Crippen LogP contribution in [-0.4, -0.2) is 18.2 Å². The first-order valence-corrected chi connectivity index (χ1v) is 5.99. The van der Waals surface area contributed by atoms with Crippen molar-refractivity contribution in [2.45, 2.75) is 12.8 Å². The molecule has 0 aliphatic carbocycles. The number of aldehydes is 1. The fourth-order valence-electron chi connectivity index (χ4n) is 2.74. The Kier molecular flexibility index (Phi) is 1.81. The normalized spacial score (nSPS) is 15.7. The van der Waals surface area contributed by atoms with Crippen LogP contribution in [0.3, 0.4) is 0 Å². The van der Waals surface area contributed by atoms with Crippen molar-refractivity contribution >= 4 is 40.4 Å². The maximum Gasteiger partial charge on any atom is 0.164 e. The van der Waals surface area contributed by atoms with Gasteiger partial charge in [0.2, 0.25) is 0 Å². The molecule has 0 bridgehead atoms. The van der Waals surface area contributed by atoms with Gasteiger partial charge in [0.15, 0.2) is 6.29 Å². The summed E-state index contributed by atoms with van der Waals surface area (Å²) in [4.78, 5) is 19.7. The molecule has 3 nitrogen and oxygen atoms in total. The van der Waals surface area contributed by atoms with Gasteiger partial charge in [0.25, 0.3) is 0 Å². The van der Waals surface area contributed by atoms with Gasteiger partial charge in [-0.3, -0.25) is 9.79 Å². The molecule has 0 saturated heterocycles. The number of carbonyl (C=O) groups excluding carboxylic acids is 1. The molecule has 18 heavy (non-hydrogen) atoms. The summed E-state index contributed by atoms with van der Waals surface area (Å²) in [7, 11) is 0. The van der Waals surface area contributed by atoms with Gasteiger partial charge >= 0.3 is 0 Å². The molecule has 2 aromatic carbocycles. The number of hydrogen-bond acceptors (Lipinski definition) is 3. The van der Waals surface area contributed by atoms with Crippen molar-refractivity contribution in [1.82, 2.24) is 0 Å². The zero-order valence-electron chi connectivity index (χ0n) is 9.68. The molecule has 2 aliphatic rings. The minimum Gasteiger partial charge on any atom is -0.297 e. The number of carbonyl (C=O) groups is 1. The van der Waals surface area contributed by atoms with Crippen LogP contribution in [0.15, 0.2) is 34.3 Å². The molecule has 0 N–H and O–H groups in total. The van der Waals surface area contributed by atoms with Crippen LogP contribution in [0.5, 0.6) is 0 Å². The highest BCUT2D eigenvalue weighted by molar-refractivity contribution is 6.32. The van der Waals surface area contributed by atoms with E-state index in [0.717, 1.165) is 40.4 Å². The largest absolute Gasteiger partial charge is 0.297 e. The van der Waals surface area contributed by atoms with Gasteiger partial charge in [-0.15, -0.1) is 0 Å². The van der Waals surface area contributed by atoms with Crippen molar-refractivity contribution in [3.8, 4) is 0 Å². The molecule has 0 spiro atoms. The Labute approximate surface area is 104 Å². The molecule has 0 unspecified atom stereocenters. The van der Waals surface area contributed by atoms with Crippen molar-refractivity contribution in [1.29, 1.82) is 0 Å². The summed E-state index contributed by atoms with van der Waals surface area (Å²) < 4.78 is 0. The lowest BCUT2D eigenvalue weighted by molar-refractivity contribution is -0.102. The number of benzene rings is 2.